The molecule has 2 aromatic rings. The van der Waals surface area contributed by atoms with Gasteiger partial charge in [0.15, 0.2) is 5.82 Å². The Morgan fingerprint density at radius 1 is 1.40 bits per heavy atom. The summed E-state index contributed by atoms with van der Waals surface area (Å²) >= 11 is 3.23. The summed E-state index contributed by atoms with van der Waals surface area (Å²) in [5.41, 5.74) is 0.541. The second-order valence-electron chi connectivity index (χ2n) is 4.02. The number of benzene rings is 1. The molecule has 0 radical (unpaired) electrons. The van der Waals surface area contributed by atoms with Crippen molar-refractivity contribution in [3.8, 4) is 11.4 Å². The van der Waals surface area contributed by atoms with Crippen LogP contribution in [0, 0.1) is 5.82 Å². The van der Waals surface area contributed by atoms with Crippen LogP contribution in [0.5, 0.6) is 0 Å². The standard InChI is InChI=1S/C11H10BrClFN3O2S/c1-2-5-17-10(15-16-11(17)20(13,18)19)8-4-3-7(14)6-9(8)12/h3-4,6H,2,5H2,1H3. The molecule has 0 aliphatic rings. The smallest absolute Gasteiger partial charge is 0.296 e. The molecule has 1 heterocycles. The van der Waals surface area contributed by atoms with E-state index in [9.17, 15) is 12.8 Å². The minimum atomic E-state index is -3.99. The van der Waals surface area contributed by atoms with Crippen molar-refractivity contribution in [1.29, 1.82) is 0 Å². The van der Waals surface area contributed by atoms with E-state index in [0.717, 1.165) is 0 Å². The maximum Gasteiger partial charge on any atom is 0.296 e. The maximum absolute atomic E-state index is 13.1. The quantitative estimate of drug-likeness (QED) is 0.762. The van der Waals surface area contributed by atoms with Crippen molar-refractivity contribution in [3.05, 3.63) is 28.5 Å². The summed E-state index contributed by atoms with van der Waals surface area (Å²) in [5, 5.41) is 7.17. The molecule has 0 spiro atoms. The van der Waals surface area contributed by atoms with E-state index in [1.54, 1.807) is 0 Å². The molecule has 108 valence electrons. The molecule has 2 rings (SSSR count). The molecule has 0 saturated heterocycles. The molecule has 9 heteroatoms. The van der Waals surface area contributed by atoms with Crippen molar-refractivity contribution in [2.24, 2.45) is 0 Å². The number of nitrogens with zero attached hydrogens (tertiary/aromatic N) is 3. The Morgan fingerprint density at radius 3 is 2.65 bits per heavy atom. The van der Waals surface area contributed by atoms with Crippen LogP contribution in [0.3, 0.4) is 0 Å². The Bertz CT molecular complexity index is 748. The van der Waals surface area contributed by atoms with E-state index in [-0.39, 0.29) is 5.16 Å². The van der Waals surface area contributed by atoms with Gasteiger partial charge in [0.05, 0.1) is 0 Å². The first-order valence-corrected chi connectivity index (χ1v) is 8.78. The molecule has 20 heavy (non-hydrogen) atoms. The summed E-state index contributed by atoms with van der Waals surface area (Å²) < 4.78 is 37.9. The Balaban J connectivity index is 2.66. The van der Waals surface area contributed by atoms with E-state index in [0.29, 0.717) is 28.8 Å². The van der Waals surface area contributed by atoms with Crippen LogP contribution in [0.1, 0.15) is 13.3 Å². The lowest BCUT2D eigenvalue weighted by atomic mass is 10.2. The van der Waals surface area contributed by atoms with Gasteiger partial charge < -0.3 is 0 Å². The average molecular weight is 383 g/mol. The normalized spacial score (nSPS) is 11.8. The zero-order valence-electron chi connectivity index (χ0n) is 10.3. The SMILES string of the molecule is CCCn1c(-c2ccc(F)cc2Br)nnc1S(=O)(=O)Cl. The van der Waals surface area contributed by atoms with Gasteiger partial charge in [0.2, 0.25) is 0 Å². The van der Waals surface area contributed by atoms with Crippen LogP contribution in [-0.4, -0.2) is 23.2 Å². The Kier molecular flexibility index (Phi) is 4.46. The van der Waals surface area contributed by atoms with Crippen LogP contribution in [0.25, 0.3) is 11.4 Å². The number of halogens is 3. The lowest BCUT2D eigenvalue weighted by molar-refractivity contribution is 0.569. The largest absolute Gasteiger partial charge is 0.297 e. The van der Waals surface area contributed by atoms with Gasteiger partial charge in [0.1, 0.15) is 5.82 Å². The molecule has 0 bridgehead atoms. The fourth-order valence-corrected chi connectivity index (χ4v) is 3.21. The van der Waals surface area contributed by atoms with E-state index in [4.69, 9.17) is 10.7 Å². The molecule has 0 fully saturated rings. The second-order valence-corrected chi connectivity index (χ2v) is 7.33. The fraction of sp³-hybridized carbons (Fsp3) is 0.273. The third-order valence-electron chi connectivity index (χ3n) is 2.55. The molecule has 0 unspecified atom stereocenters. The van der Waals surface area contributed by atoms with Crippen molar-refractivity contribution >= 4 is 35.7 Å². The zero-order valence-corrected chi connectivity index (χ0v) is 13.5. The number of hydrogen-bond donors (Lipinski definition) is 0. The van der Waals surface area contributed by atoms with Crippen LogP contribution in [-0.2, 0) is 15.6 Å². The van der Waals surface area contributed by atoms with Crippen LogP contribution < -0.4 is 0 Å². The lowest BCUT2D eigenvalue weighted by Gasteiger charge is -2.08. The number of hydrogen-bond acceptors (Lipinski definition) is 4. The minimum absolute atomic E-state index is 0.313. The third-order valence-corrected chi connectivity index (χ3v) is 4.36. The van der Waals surface area contributed by atoms with E-state index in [1.165, 1.54) is 22.8 Å². The Labute approximate surface area is 128 Å². The Morgan fingerprint density at radius 2 is 2.10 bits per heavy atom. The summed E-state index contributed by atoms with van der Waals surface area (Å²) in [6.45, 7) is 2.27. The molecular weight excluding hydrogens is 373 g/mol. The van der Waals surface area contributed by atoms with Crippen molar-refractivity contribution in [2.75, 3.05) is 0 Å². The highest BCUT2D eigenvalue weighted by Gasteiger charge is 2.23. The third kappa shape index (κ3) is 3.02. The molecule has 0 aliphatic heterocycles. The monoisotopic (exact) mass is 381 g/mol. The van der Waals surface area contributed by atoms with Gasteiger partial charge in [-0.15, -0.1) is 10.2 Å². The van der Waals surface area contributed by atoms with Gasteiger partial charge in [0.25, 0.3) is 14.2 Å². The molecule has 5 nitrogen and oxygen atoms in total. The highest BCUT2D eigenvalue weighted by Crippen LogP contribution is 2.29. The van der Waals surface area contributed by atoms with Crippen molar-refractivity contribution in [3.63, 3.8) is 0 Å². The van der Waals surface area contributed by atoms with Gasteiger partial charge in [-0.25, -0.2) is 12.8 Å². The highest BCUT2D eigenvalue weighted by molar-refractivity contribution is 9.10. The first-order chi connectivity index (χ1) is 9.34. The lowest BCUT2D eigenvalue weighted by Crippen LogP contribution is -2.07. The topological polar surface area (TPSA) is 64.8 Å². The van der Waals surface area contributed by atoms with Gasteiger partial charge in [-0.2, -0.15) is 0 Å². The minimum Gasteiger partial charge on any atom is -0.297 e. The molecule has 1 aromatic heterocycles. The predicted molar refractivity (Wildman–Crippen MR) is 76.4 cm³/mol. The van der Waals surface area contributed by atoms with E-state index < -0.39 is 14.9 Å². The van der Waals surface area contributed by atoms with Gasteiger partial charge >= 0.3 is 0 Å². The van der Waals surface area contributed by atoms with Gasteiger partial charge in [-0.3, -0.25) is 4.57 Å². The van der Waals surface area contributed by atoms with E-state index in [1.807, 2.05) is 6.92 Å². The van der Waals surface area contributed by atoms with E-state index in [2.05, 4.69) is 26.1 Å². The summed E-state index contributed by atoms with van der Waals surface area (Å²) in [7, 11) is 1.35. The van der Waals surface area contributed by atoms with Gasteiger partial charge in [-0.1, -0.05) is 6.92 Å². The van der Waals surface area contributed by atoms with E-state index >= 15 is 0 Å². The Hall–Kier alpha value is -0.990. The van der Waals surface area contributed by atoms with Gasteiger partial charge in [0, 0.05) is 27.3 Å². The highest BCUT2D eigenvalue weighted by atomic mass is 79.9. The summed E-state index contributed by atoms with van der Waals surface area (Å²) in [5.74, 6) is -0.0923. The first-order valence-electron chi connectivity index (χ1n) is 5.68. The van der Waals surface area contributed by atoms with Crippen LogP contribution in [0.2, 0.25) is 0 Å². The van der Waals surface area contributed by atoms with Gasteiger partial charge in [-0.05, 0) is 40.5 Å². The van der Waals surface area contributed by atoms with Crippen LogP contribution in [0.4, 0.5) is 4.39 Å². The molecular formula is C11H10BrClFN3O2S. The number of aromatic nitrogens is 3. The molecule has 1 aromatic carbocycles. The summed E-state index contributed by atoms with van der Waals surface area (Å²) in [6.07, 6.45) is 0.670. The maximum atomic E-state index is 13.1. The second kappa shape index (κ2) is 5.79. The fourth-order valence-electron chi connectivity index (χ4n) is 1.76. The average Bonchev–Trinajstić information content (AvgIpc) is 2.73. The molecule has 0 aliphatic carbocycles. The van der Waals surface area contributed by atoms with Crippen LogP contribution >= 0.6 is 26.6 Å². The summed E-state index contributed by atoms with van der Waals surface area (Å²) in [4.78, 5) is 0. The summed E-state index contributed by atoms with van der Waals surface area (Å²) in [6, 6.07) is 4.04. The zero-order chi connectivity index (χ0) is 14.9. The number of rotatable bonds is 4. The van der Waals surface area contributed by atoms with Crippen molar-refractivity contribution in [1.82, 2.24) is 14.8 Å². The first kappa shape index (κ1) is 15.4. The van der Waals surface area contributed by atoms with Crippen LogP contribution in [0.15, 0.2) is 27.8 Å². The molecule has 0 saturated carbocycles. The van der Waals surface area contributed by atoms with Crippen molar-refractivity contribution < 1.29 is 12.8 Å². The molecule has 0 atom stereocenters. The molecule has 0 amide bonds. The van der Waals surface area contributed by atoms with Crippen molar-refractivity contribution in [2.45, 2.75) is 25.0 Å². The predicted octanol–water partition coefficient (Wildman–Crippen LogP) is 3.18. The molecule has 0 N–H and O–H groups in total.